The number of nitrogens with zero attached hydrogens (tertiary/aromatic N) is 1. The Morgan fingerprint density at radius 3 is 3.15 bits per heavy atom. The number of pyridine rings is 1. The molecule has 0 aliphatic heterocycles. The van der Waals surface area contributed by atoms with Crippen LogP contribution in [0.2, 0.25) is 0 Å². The summed E-state index contributed by atoms with van der Waals surface area (Å²) in [6, 6.07) is 5.38. The van der Waals surface area contributed by atoms with E-state index in [1.807, 2.05) is 12.1 Å². The van der Waals surface area contributed by atoms with Crippen LogP contribution >= 0.6 is 12.2 Å². The fourth-order valence-corrected chi connectivity index (χ4v) is 0.863. The summed E-state index contributed by atoms with van der Waals surface area (Å²) < 4.78 is 5.18. The van der Waals surface area contributed by atoms with Gasteiger partial charge in [0.05, 0.1) is 0 Å². The van der Waals surface area contributed by atoms with Crippen molar-refractivity contribution in [3.63, 3.8) is 0 Å². The highest BCUT2D eigenvalue weighted by atomic mass is 32.1. The van der Waals surface area contributed by atoms with Crippen molar-refractivity contribution in [1.29, 1.82) is 0 Å². The first-order chi connectivity index (χ1) is 6.33. The molecule has 0 aliphatic carbocycles. The van der Waals surface area contributed by atoms with Crippen molar-refractivity contribution in [3.05, 3.63) is 37.1 Å². The third-order valence-corrected chi connectivity index (χ3v) is 1.45. The lowest BCUT2D eigenvalue weighted by atomic mass is 10.5. The van der Waals surface area contributed by atoms with Crippen molar-refractivity contribution in [1.82, 2.24) is 10.3 Å². The predicted molar refractivity (Wildman–Crippen MR) is 55.7 cm³/mol. The van der Waals surface area contributed by atoms with Gasteiger partial charge in [-0.05, 0) is 18.3 Å². The van der Waals surface area contributed by atoms with Gasteiger partial charge in [0, 0.05) is 18.8 Å². The van der Waals surface area contributed by atoms with Crippen LogP contribution in [-0.4, -0.2) is 16.7 Å². The van der Waals surface area contributed by atoms with E-state index in [1.165, 1.54) is 0 Å². The van der Waals surface area contributed by atoms with E-state index in [-0.39, 0.29) is 0 Å². The number of hydrogen-bond donors (Lipinski definition) is 1. The molecule has 0 amide bonds. The predicted octanol–water partition coefficient (Wildman–Crippen LogP) is 1.52. The van der Waals surface area contributed by atoms with Crippen LogP contribution in [0.3, 0.4) is 0 Å². The maximum atomic E-state index is 5.18. The minimum atomic E-state index is 0.304. The molecule has 0 saturated heterocycles. The summed E-state index contributed by atoms with van der Waals surface area (Å²) in [5.41, 5.74) is 0. The average molecular weight is 194 g/mol. The van der Waals surface area contributed by atoms with Crippen molar-refractivity contribution in [2.24, 2.45) is 0 Å². The van der Waals surface area contributed by atoms with E-state index < -0.39 is 0 Å². The molecular weight excluding hydrogens is 184 g/mol. The highest BCUT2D eigenvalue weighted by Crippen LogP contribution is 2.02. The van der Waals surface area contributed by atoms with Gasteiger partial charge in [-0.15, -0.1) is 6.58 Å². The zero-order valence-corrected chi connectivity index (χ0v) is 7.88. The molecule has 0 spiro atoms. The Morgan fingerprint density at radius 2 is 2.54 bits per heavy atom. The van der Waals surface area contributed by atoms with Gasteiger partial charge in [-0.2, -0.15) is 0 Å². The van der Waals surface area contributed by atoms with E-state index in [1.54, 1.807) is 18.3 Å². The molecule has 1 rings (SSSR count). The zero-order chi connectivity index (χ0) is 9.52. The molecular formula is C9H10N2OS. The molecule has 0 aromatic carbocycles. The van der Waals surface area contributed by atoms with Crippen molar-refractivity contribution in [2.45, 2.75) is 0 Å². The summed E-state index contributed by atoms with van der Waals surface area (Å²) in [6.07, 6.45) is 3.35. The number of hydrogen-bond acceptors (Lipinski definition) is 3. The van der Waals surface area contributed by atoms with Gasteiger partial charge < -0.3 is 10.1 Å². The largest absolute Gasteiger partial charge is 0.413 e. The Labute approximate surface area is 82.4 Å². The van der Waals surface area contributed by atoms with E-state index in [2.05, 4.69) is 16.9 Å². The van der Waals surface area contributed by atoms with Crippen molar-refractivity contribution in [3.8, 4) is 5.88 Å². The molecule has 0 radical (unpaired) electrons. The third kappa shape index (κ3) is 3.66. The minimum Gasteiger partial charge on any atom is -0.413 e. The second-order valence-corrected chi connectivity index (χ2v) is 2.60. The summed E-state index contributed by atoms with van der Waals surface area (Å²) in [7, 11) is 0. The molecule has 3 nitrogen and oxygen atoms in total. The summed E-state index contributed by atoms with van der Waals surface area (Å²) in [4.78, 5) is 3.95. The van der Waals surface area contributed by atoms with Gasteiger partial charge in [0.1, 0.15) is 0 Å². The topological polar surface area (TPSA) is 34.1 Å². The zero-order valence-electron chi connectivity index (χ0n) is 7.06. The number of rotatable bonds is 3. The van der Waals surface area contributed by atoms with Crippen LogP contribution in [0.25, 0.3) is 0 Å². The third-order valence-electron chi connectivity index (χ3n) is 1.23. The molecule has 0 atom stereocenters. The molecule has 13 heavy (non-hydrogen) atoms. The first-order valence-electron chi connectivity index (χ1n) is 3.80. The maximum Gasteiger partial charge on any atom is 0.263 e. The Bertz CT molecular complexity index is 287. The van der Waals surface area contributed by atoms with Crippen LogP contribution in [0.15, 0.2) is 37.1 Å². The molecule has 1 heterocycles. The summed E-state index contributed by atoms with van der Waals surface area (Å²) in [5.74, 6) is 0.490. The van der Waals surface area contributed by atoms with Gasteiger partial charge in [-0.1, -0.05) is 12.1 Å². The molecule has 1 aromatic heterocycles. The van der Waals surface area contributed by atoms with E-state index in [4.69, 9.17) is 17.0 Å². The van der Waals surface area contributed by atoms with Crippen LogP contribution in [0.5, 0.6) is 5.88 Å². The Hall–Kier alpha value is -1.42. The molecule has 0 saturated carbocycles. The quantitative estimate of drug-likeness (QED) is 0.584. The van der Waals surface area contributed by atoms with E-state index in [9.17, 15) is 0 Å². The van der Waals surface area contributed by atoms with E-state index in [0.29, 0.717) is 17.6 Å². The fourth-order valence-electron chi connectivity index (χ4n) is 0.694. The van der Waals surface area contributed by atoms with Gasteiger partial charge >= 0.3 is 0 Å². The van der Waals surface area contributed by atoms with Crippen molar-refractivity contribution < 1.29 is 4.74 Å². The smallest absolute Gasteiger partial charge is 0.263 e. The number of aromatic nitrogens is 1. The van der Waals surface area contributed by atoms with Crippen LogP contribution in [0, 0.1) is 0 Å². The lowest BCUT2D eigenvalue weighted by molar-refractivity contribution is 0.516. The van der Waals surface area contributed by atoms with Crippen LogP contribution in [0.1, 0.15) is 0 Å². The molecule has 1 aromatic rings. The van der Waals surface area contributed by atoms with E-state index >= 15 is 0 Å². The maximum absolute atomic E-state index is 5.18. The lowest BCUT2D eigenvalue weighted by Crippen LogP contribution is -2.26. The Kier molecular flexibility index (Phi) is 3.92. The standard InChI is InChI=1S/C9H10N2OS/c1-2-6-11-9(13)12-8-5-3-4-7-10-8/h2-5,7H,1,6H2,(H,11,13). The molecule has 0 bridgehead atoms. The second kappa shape index (κ2) is 5.27. The Morgan fingerprint density at radius 1 is 1.69 bits per heavy atom. The van der Waals surface area contributed by atoms with Gasteiger partial charge in [-0.3, -0.25) is 0 Å². The van der Waals surface area contributed by atoms with Crippen LogP contribution in [0.4, 0.5) is 0 Å². The summed E-state index contributed by atoms with van der Waals surface area (Å²) in [6.45, 7) is 4.14. The van der Waals surface area contributed by atoms with Crippen molar-refractivity contribution >= 4 is 17.4 Å². The summed E-state index contributed by atoms with van der Waals surface area (Å²) in [5, 5.41) is 3.14. The highest BCUT2D eigenvalue weighted by molar-refractivity contribution is 7.80. The normalized spacial score (nSPS) is 8.92. The first kappa shape index (κ1) is 9.67. The second-order valence-electron chi connectivity index (χ2n) is 2.23. The van der Waals surface area contributed by atoms with Gasteiger partial charge in [0.25, 0.3) is 5.17 Å². The van der Waals surface area contributed by atoms with Crippen molar-refractivity contribution in [2.75, 3.05) is 6.54 Å². The molecule has 0 unspecified atom stereocenters. The number of thiocarbonyl (C=S) groups is 1. The molecule has 0 fully saturated rings. The van der Waals surface area contributed by atoms with Crippen LogP contribution < -0.4 is 10.1 Å². The minimum absolute atomic E-state index is 0.304. The Balaban J connectivity index is 2.41. The lowest BCUT2D eigenvalue weighted by Gasteiger charge is -2.05. The molecule has 0 aliphatic rings. The number of nitrogens with one attached hydrogen (secondary N) is 1. The van der Waals surface area contributed by atoms with Gasteiger partial charge in [0.15, 0.2) is 0 Å². The molecule has 68 valence electrons. The van der Waals surface area contributed by atoms with E-state index in [0.717, 1.165) is 0 Å². The first-order valence-corrected chi connectivity index (χ1v) is 4.21. The molecule has 4 heteroatoms. The fraction of sp³-hybridized carbons (Fsp3) is 0.111. The van der Waals surface area contributed by atoms with Gasteiger partial charge in [-0.25, -0.2) is 4.98 Å². The number of ether oxygens (including phenoxy) is 1. The summed E-state index contributed by atoms with van der Waals surface area (Å²) >= 11 is 4.88. The monoisotopic (exact) mass is 194 g/mol. The van der Waals surface area contributed by atoms with Gasteiger partial charge in [0.2, 0.25) is 5.88 Å². The highest BCUT2D eigenvalue weighted by Gasteiger charge is 1.97. The average Bonchev–Trinajstić information content (AvgIpc) is 2.16. The van der Waals surface area contributed by atoms with Crippen LogP contribution in [-0.2, 0) is 0 Å². The SMILES string of the molecule is C=CCNC(=S)Oc1ccccn1. The molecule has 1 N–H and O–H groups in total.